The lowest BCUT2D eigenvalue weighted by atomic mass is 10.1. The SMILES string of the molecule is O=C(Cn1cnc2scc(-c3ccccc3)c2c1=O)Nc1ccc2c(c1)CCC2. The molecule has 1 aliphatic carbocycles. The van der Waals surface area contributed by atoms with Gasteiger partial charge in [-0.25, -0.2) is 4.98 Å². The molecule has 1 aliphatic rings. The molecule has 0 saturated carbocycles. The number of benzene rings is 2. The van der Waals surface area contributed by atoms with Crippen LogP contribution in [0.25, 0.3) is 21.3 Å². The van der Waals surface area contributed by atoms with Crippen molar-refractivity contribution in [1.29, 1.82) is 0 Å². The number of carbonyl (C=O) groups excluding carboxylic acids is 1. The molecule has 2 heterocycles. The summed E-state index contributed by atoms with van der Waals surface area (Å²) in [5, 5.41) is 5.42. The average molecular weight is 401 g/mol. The molecule has 0 bridgehead atoms. The summed E-state index contributed by atoms with van der Waals surface area (Å²) >= 11 is 1.44. The van der Waals surface area contributed by atoms with Crippen molar-refractivity contribution >= 4 is 33.1 Å². The third-order valence-electron chi connectivity index (χ3n) is 5.34. The first-order chi connectivity index (χ1) is 14.2. The molecule has 0 saturated heterocycles. The van der Waals surface area contributed by atoms with E-state index < -0.39 is 0 Å². The Bertz CT molecular complexity index is 1270. The molecule has 0 spiro atoms. The molecule has 5 nitrogen and oxygen atoms in total. The molecule has 5 rings (SSSR count). The Morgan fingerprint density at radius 1 is 1.10 bits per heavy atom. The van der Waals surface area contributed by atoms with Crippen molar-refractivity contribution in [2.45, 2.75) is 25.8 Å². The van der Waals surface area contributed by atoms with Gasteiger partial charge in [0.25, 0.3) is 5.56 Å². The highest BCUT2D eigenvalue weighted by molar-refractivity contribution is 7.17. The predicted molar refractivity (Wildman–Crippen MR) is 116 cm³/mol. The maximum atomic E-state index is 13.1. The zero-order chi connectivity index (χ0) is 19.8. The van der Waals surface area contributed by atoms with Gasteiger partial charge in [-0.15, -0.1) is 11.3 Å². The molecule has 0 unspecified atom stereocenters. The Morgan fingerprint density at radius 2 is 1.93 bits per heavy atom. The predicted octanol–water partition coefficient (Wildman–Crippen LogP) is 4.25. The number of thiophene rings is 1. The molecule has 2 aromatic carbocycles. The fraction of sp³-hybridized carbons (Fsp3) is 0.174. The molecule has 29 heavy (non-hydrogen) atoms. The van der Waals surface area contributed by atoms with Gasteiger partial charge in [0, 0.05) is 16.6 Å². The highest BCUT2D eigenvalue weighted by Crippen LogP contribution is 2.30. The van der Waals surface area contributed by atoms with Crippen LogP contribution in [0.5, 0.6) is 0 Å². The van der Waals surface area contributed by atoms with E-state index in [2.05, 4.69) is 16.4 Å². The van der Waals surface area contributed by atoms with Crippen LogP contribution in [0.1, 0.15) is 17.5 Å². The van der Waals surface area contributed by atoms with E-state index >= 15 is 0 Å². The van der Waals surface area contributed by atoms with E-state index in [1.54, 1.807) is 0 Å². The summed E-state index contributed by atoms with van der Waals surface area (Å²) in [4.78, 5) is 30.7. The Kier molecular flexibility index (Phi) is 4.48. The van der Waals surface area contributed by atoms with Crippen LogP contribution < -0.4 is 10.9 Å². The molecule has 1 amide bonds. The third kappa shape index (κ3) is 3.36. The van der Waals surface area contributed by atoms with Crippen LogP contribution in [0, 0.1) is 0 Å². The summed E-state index contributed by atoms with van der Waals surface area (Å²) in [5.41, 5.74) is 5.07. The molecule has 0 atom stereocenters. The van der Waals surface area contributed by atoms with Crippen molar-refractivity contribution in [2.75, 3.05) is 5.32 Å². The fourth-order valence-corrected chi connectivity index (χ4v) is 4.82. The number of hydrogen-bond acceptors (Lipinski definition) is 4. The van der Waals surface area contributed by atoms with Gasteiger partial charge >= 0.3 is 0 Å². The van der Waals surface area contributed by atoms with E-state index in [0.29, 0.717) is 10.2 Å². The summed E-state index contributed by atoms with van der Waals surface area (Å²) in [6.07, 6.45) is 4.78. The summed E-state index contributed by atoms with van der Waals surface area (Å²) in [6, 6.07) is 15.8. The lowest BCUT2D eigenvalue weighted by Crippen LogP contribution is -2.27. The minimum absolute atomic E-state index is 0.0665. The lowest BCUT2D eigenvalue weighted by molar-refractivity contribution is -0.116. The van der Waals surface area contributed by atoms with Gasteiger partial charge in [-0.05, 0) is 48.1 Å². The zero-order valence-corrected chi connectivity index (χ0v) is 16.5. The highest BCUT2D eigenvalue weighted by Gasteiger charge is 2.15. The number of anilines is 1. The Labute approximate surface area is 171 Å². The van der Waals surface area contributed by atoms with Gasteiger partial charge in [-0.1, -0.05) is 36.4 Å². The molecule has 0 radical (unpaired) electrons. The maximum Gasteiger partial charge on any atom is 0.263 e. The molecule has 2 aromatic heterocycles. The van der Waals surface area contributed by atoms with Gasteiger partial charge in [0.2, 0.25) is 5.91 Å². The molecule has 1 N–H and O–H groups in total. The molecule has 4 aromatic rings. The van der Waals surface area contributed by atoms with Gasteiger partial charge in [-0.3, -0.25) is 14.2 Å². The van der Waals surface area contributed by atoms with Crippen LogP contribution in [0.15, 0.2) is 65.0 Å². The van der Waals surface area contributed by atoms with E-state index in [4.69, 9.17) is 0 Å². The molecule has 0 fully saturated rings. The van der Waals surface area contributed by atoms with Crippen LogP contribution in [-0.4, -0.2) is 15.5 Å². The quantitative estimate of drug-likeness (QED) is 0.556. The van der Waals surface area contributed by atoms with Crippen molar-refractivity contribution in [3.63, 3.8) is 0 Å². The maximum absolute atomic E-state index is 13.1. The average Bonchev–Trinajstić information content (AvgIpc) is 3.37. The Hall–Kier alpha value is -3.25. The summed E-state index contributed by atoms with van der Waals surface area (Å²) < 4.78 is 1.38. The van der Waals surface area contributed by atoms with Crippen LogP contribution in [0.4, 0.5) is 5.69 Å². The number of amides is 1. The Balaban J connectivity index is 1.42. The van der Waals surface area contributed by atoms with Crippen LogP contribution in [0.2, 0.25) is 0 Å². The second kappa shape index (κ2) is 7.29. The molecule has 6 heteroatoms. The first-order valence-electron chi connectivity index (χ1n) is 9.63. The van der Waals surface area contributed by atoms with Crippen molar-refractivity contribution in [2.24, 2.45) is 0 Å². The number of nitrogens with zero attached hydrogens (tertiary/aromatic N) is 2. The Morgan fingerprint density at radius 3 is 2.79 bits per heavy atom. The zero-order valence-electron chi connectivity index (χ0n) is 15.7. The smallest absolute Gasteiger partial charge is 0.263 e. The summed E-state index contributed by atoms with van der Waals surface area (Å²) in [6.45, 7) is -0.0665. The lowest BCUT2D eigenvalue weighted by Gasteiger charge is -2.09. The minimum Gasteiger partial charge on any atom is -0.325 e. The molecule has 144 valence electrons. The van der Waals surface area contributed by atoms with Gasteiger partial charge in [0.1, 0.15) is 11.4 Å². The largest absolute Gasteiger partial charge is 0.325 e. The number of rotatable bonds is 4. The number of fused-ring (bicyclic) bond motifs is 2. The normalized spacial score (nSPS) is 12.8. The van der Waals surface area contributed by atoms with E-state index in [0.717, 1.165) is 36.1 Å². The number of nitrogens with one attached hydrogen (secondary N) is 1. The van der Waals surface area contributed by atoms with E-state index in [1.807, 2.05) is 47.8 Å². The number of aromatic nitrogens is 2. The third-order valence-corrected chi connectivity index (χ3v) is 6.23. The van der Waals surface area contributed by atoms with E-state index in [-0.39, 0.29) is 18.0 Å². The van der Waals surface area contributed by atoms with Crippen molar-refractivity contribution in [3.8, 4) is 11.1 Å². The van der Waals surface area contributed by atoms with Gasteiger partial charge < -0.3 is 5.32 Å². The summed E-state index contributed by atoms with van der Waals surface area (Å²) in [7, 11) is 0. The number of aryl methyl sites for hydroxylation is 2. The van der Waals surface area contributed by atoms with E-state index in [1.165, 1.54) is 33.4 Å². The fourth-order valence-electron chi connectivity index (χ4n) is 3.92. The van der Waals surface area contributed by atoms with Gasteiger partial charge in [0.15, 0.2) is 0 Å². The topological polar surface area (TPSA) is 64.0 Å². The van der Waals surface area contributed by atoms with Crippen molar-refractivity contribution in [3.05, 3.63) is 81.7 Å². The van der Waals surface area contributed by atoms with Crippen LogP contribution in [0.3, 0.4) is 0 Å². The first-order valence-corrected chi connectivity index (χ1v) is 10.5. The van der Waals surface area contributed by atoms with Gasteiger partial charge in [0.05, 0.1) is 11.7 Å². The molecule has 0 aliphatic heterocycles. The monoisotopic (exact) mass is 401 g/mol. The summed E-state index contributed by atoms with van der Waals surface area (Å²) in [5.74, 6) is -0.234. The molecular weight excluding hydrogens is 382 g/mol. The van der Waals surface area contributed by atoms with Crippen LogP contribution in [-0.2, 0) is 24.2 Å². The highest BCUT2D eigenvalue weighted by atomic mass is 32.1. The molecular formula is C23H19N3O2S. The van der Waals surface area contributed by atoms with Crippen LogP contribution >= 0.6 is 11.3 Å². The second-order valence-electron chi connectivity index (χ2n) is 7.26. The van der Waals surface area contributed by atoms with Gasteiger partial charge in [-0.2, -0.15) is 0 Å². The van der Waals surface area contributed by atoms with E-state index in [9.17, 15) is 9.59 Å². The first kappa shape index (κ1) is 17.8. The van der Waals surface area contributed by atoms with Crippen molar-refractivity contribution < 1.29 is 4.79 Å². The van der Waals surface area contributed by atoms with Crippen molar-refractivity contribution in [1.82, 2.24) is 9.55 Å². The standard InChI is InChI=1S/C23H19N3O2S/c27-20(25-18-10-9-15-7-4-8-17(15)11-18)12-26-14-24-22-21(23(26)28)19(13-29-22)16-5-2-1-3-6-16/h1-3,5-6,9-11,13-14H,4,7-8,12H2,(H,25,27). The second-order valence-corrected chi connectivity index (χ2v) is 8.12. The number of carbonyl (C=O) groups is 1. The minimum atomic E-state index is -0.234. The number of hydrogen-bond donors (Lipinski definition) is 1.